The Labute approximate surface area is 546 Å². The number of ketones is 2. The highest BCUT2D eigenvalue weighted by molar-refractivity contribution is 7.89. The van der Waals surface area contributed by atoms with E-state index in [4.69, 9.17) is 46.2 Å². The zero-order valence-corrected chi connectivity index (χ0v) is 55.1. The molecule has 2 fully saturated rings. The Morgan fingerprint density at radius 3 is 1.70 bits per heavy atom. The molecule has 3 atom stereocenters. The molecule has 0 spiro atoms. The van der Waals surface area contributed by atoms with Crippen LogP contribution in [0.4, 0.5) is 21.0 Å². The average Bonchev–Trinajstić information content (AvgIpc) is 1.59. The number of nitrogens with zero attached hydrogens (tertiary/aromatic N) is 4. The van der Waals surface area contributed by atoms with Crippen molar-refractivity contribution in [2.24, 2.45) is 0 Å². The highest BCUT2D eigenvalue weighted by atomic mass is 35.5. The Kier molecular flexibility index (Phi) is 28.4. The van der Waals surface area contributed by atoms with Crippen LogP contribution in [0.5, 0.6) is 5.88 Å². The lowest BCUT2D eigenvalue weighted by atomic mass is 10.1. The van der Waals surface area contributed by atoms with Gasteiger partial charge in [0.2, 0.25) is 15.8 Å². The van der Waals surface area contributed by atoms with E-state index in [-0.39, 0.29) is 56.0 Å². The summed E-state index contributed by atoms with van der Waals surface area (Å²) < 4.78 is 54.9. The molecule has 7 rings (SSSR count). The molecule has 3 unspecified atom stereocenters. The summed E-state index contributed by atoms with van der Waals surface area (Å²) in [7, 11) is -2.70. The second kappa shape index (κ2) is 35.7. The minimum atomic E-state index is -4.01. The largest absolute Gasteiger partial charge is 0.478 e. The van der Waals surface area contributed by atoms with Crippen LogP contribution in [0.25, 0.3) is 11.3 Å². The molecule has 92 heavy (non-hydrogen) atoms. The number of carbonyl (C=O) groups is 9. The average molecular weight is 1330 g/mol. The summed E-state index contributed by atoms with van der Waals surface area (Å²) in [5.41, 5.74) is -1.12. The van der Waals surface area contributed by atoms with Gasteiger partial charge in [-0.25, -0.2) is 37.5 Å². The van der Waals surface area contributed by atoms with Gasteiger partial charge in [-0.05, 0) is 70.0 Å². The monoisotopic (exact) mass is 1330 g/mol. The highest BCUT2D eigenvalue weighted by Gasteiger charge is 2.55. The normalized spacial score (nSPS) is 15.1. The molecule has 2 saturated heterocycles. The highest BCUT2D eigenvalue weighted by Crippen LogP contribution is 2.34. The predicted molar refractivity (Wildman–Crippen MR) is 343 cm³/mol. The molecule has 4 N–H and O–H groups in total. The van der Waals surface area contributed by atoms with E-state index in [1.807, 2.05) is 0 Å². The van der Waals surface area contributed by atoms with Crippen LogP contribution in [0, 0.1) is 0 Å². The number of hydrogen-bond acceptors (Lipinski definition) is 18. The number of Topliss-reactive ketones (excluding diaryl/α,β-unsaturated/α-hetero) is 2. The zero-order chi connectivity index (χ0) is 67.0. The number of halogens is 2. The van der Waals surface area contributed by atoms with Gasteiger partial charge in [0.15, 0.2) is 29.5 Å². The number of aromatic nitrogens is 2. The lowest BCUT2D eigenvalue weighted by Crippen LogP contribution is -2.53. The Bertz CT molecular complexity index is 3470. The number of nitrogens with one attached hydrogen (secondary N) is 4. The second-order valence-electron chi connectivity index (χ2n) is 22.7. The Balaban J connectivity index is 0.000000299. The number of ether oxygens (including phenoxy) is 3. The van der Waals surface area contributed by atoms with Crippen molar-refractivity contribution in [1.29, 1.82) is 0 Å². The van der Waals surface area contributed by atoms with Gasteiger partial charge in [-0.2, -0.15) is 4.98 Å². The number of oxazole rings is 2. The van der Waals surface area contributed by atoms with Gasteiger partial charge in [0.05, 0.1) is 39.6 Å². The SMILES string of the molecule is CCCCCCCCCCCCNC(=O)c1ccc(Cl)c(NC(=O)C(C(=O)c2ncco2)N2C(=O)OC(C)C2=O)c1.CCCCCCCCCCCCNS(=O)(=O)c1ccc(Cl)c(NC(=O)C(C(=O)c2nc(OC)c(-c3ccccc3)o2)N2C(=O)OC(C)(C)C2=O)c1. The van der Waals surface area contributed by atoms with Crippen molar-refractivity contribution in [3.63, 3.8) is 0 Å². The molecule has 7 amide bonds. The third-order valence-electron chi connectivity index (χ3n) is 15.2. The maximum Gasteiger partial charge on any atom is 0.418 e. The number of amides is 7. The quantitative estimate of drug-likeness (QED) is 0.0163. The number of methoxy groups -OCH3 is 1. The smallest absolute Gasteiger partial charge is 0.418 e. The molecule has 2 aromatic heterocycles. The molecule has 0 radical (unpaired) electrons. The summed E-state index contributed by atoms with van der Waals surface area (Å²) in [5, 5.41) is 7.74. The van der Waals surface area contributed by atoms with E-state index in [1.165, 1.54) is 148 Å². The fourth-order valence-electron chi connectivity index (χ4n) is 10.0. The summed E-state index contributed by atoms with van der Waals surface area (Å²) in [6.07, 6.45) is 21.7. The summed E-state index contributed by atoms with van der Waals surface area (Å²) in [5.74, 6) is -7.77. The van der Waals surface area contributed by atoms with Crippen molar-refractivity contribution in [3.8, 4) is 17.2 Å². The van der Waals surface area contributed by atoms with Gasteiger partial charge >= 0.3 is 12.2 Å². The van der Waals surface area contributed by atoms with Gasteiger partial charge in [-0.3, -0.25) is 33.6 Å². The molecule has 0 bridgehead atoms. The molecule has 24 nitrogen and oxygen atoms in total. The van der Waals surface area contributed by atoms with Crippen LogP contribution in [-0.2, 0) is 38.7 Å². The van der Waals surface area contributed by atoms with Gasteiger partial charge in [0.1, 0.15) is 6.26 Å². The molecule has 3 aromatic carbocycles. The van der Waals surface area contributed by atoms with Crippen LogP contribution in [0.2, 0.25) is 10.0 Å². The third kappa shape index (κ3) is 20.2. The molecular formula is C65H82Cl2N8O16S. The molecule has 2 aliphatic heterocycles. The summed E-state index contributed by atoms with van der Waals surface area (Å²) >= 11 is 12.6. The predicted octanol–water partition coefficient (Wildman–Crippen LogP) is 12.7. The Morgan fingerprint density at radius 2 is 1.18 bits per heavy atom. The first-order valence-corrected chi connectivity index (χ1v) is 33.5. The maximum absolute atomic E-state index is 14.0. The number of hydrogen-bond donors (Lipinski definition) is 4. The number of imide groups is 2. The van der Waals surface area contributed by atoms with Gasteiger partial charge < -0.3 is 39.0 Å². The lowest BCUT2D eigenvalue weighted by molar-refractivity contribution is -0.137. The first kappa shape index (κ1) is 73.1. The Morgan fingerprint density at radius 1 is 0.663 bits per heavy atom. The van der Waals surface area contributed by atoms with Crippen molar-refractivity contribution >= 4 is 97.9 Å². The molecule has 0 saturated carbocycles. The fourth-order valence-corrected chi connectivity index (χ4v) is 11.5. The van der Waals surface area contributed by atoms with E-state index in [9.17, 15) is 51.6 Å². The maximum atomic E-state index is 14.0. The van der Waals surface area contributed by atoms with Crippen LogP contribution in [0.3, 0.4) is 0 Å². The minimum absolute atomic E-state index is 0.0153. The van der Waals surface area contributed by atoms with Crippen molar-refractivity contribution < 1.29 is 74.6 Å². The molecule has 0 aliphatic carbocycles. The van der Waals surface area contributed by atoms with Crippen molar-refractivity contribution in [1.82, 2.24) is 29.8 Å². The molecular weight excluding hydrogens is 1250 g/mol. The molecule has 27 heteroatoms. The van der Waals surface area contributed by atoms with Crippen molar-refractivity contribution in [3.05, 3.63) is 107 Å². The fraction of sp³-hybridized carbons (Fsp3) is 0.492. The number of cyclic esters (lactones) is 2. The number of anilines is 2. The number of carbonyl (C=O) groups excluding carboxylic acids is 9. The molecule has 5 aromatic rings. The van der Waals surface area contributed by atoms with Gasteiger partial charge in [-0.15, -0.1) is 0 Å². The van der Waals surface area contributed by atoms with E-state index >= 15 is 0 Å². The van der Waals surface area contributed by atoms with E-state index < -0.39 is 93.0 Å². The first-order chi connectivity index (χ1) is 44.0. The van der Waals surface area contributed by atoms with E-state index in [0.29, 0.717) is 28.3 Å². The topological polar surface area (TPSA) is 322 Å². The summed E-state index contributed by atoms with van der Waals surface area (Å²) in [6.45, 7) is 9.07. The van der Waals surface area contributed by atoms with Crippen LogP contribution in [-0.4, -0.2) is 125 Å². The van der Waals surface area contributed by atoms with E-state index in [1.54, 1.807) is 30.3 Å². The first-order valence-electron chi connectivity index (χ1n) is 31.2. The number of sulfonamides is 1. The third-order valence-corrected chi connectivity index (χ3v) is 17.3. The number of rotatable bonds is 37. The van der Waals surface area contributed by atoms with Crippen molar-refractivity contribution in [2.75, 3.05) is 30.8 Å². The van der Waals surface area contributed by atoms with Crippen LogP contribution in [0.1, 0.15) is 195 Å². The zero-order valence-electron chi connectivity index (χ0n) is 52.8. The standard InChI is InChI=1S/C36H45ClN4O9S.C29H37ClN4O7/c1-5-6-7-8-9-10-11-12-13-17-22-38-51(46,47)25-20-21-26(37)27(23-25)39-31(43)28(41-34(44)36(2,3)50-35(41)45)29(42)32-40-33(48-4)30(49-32)24-18-15-14-16-19-24;1-3-4-5-6-7-8-9-10-11-12-15-31-25(36)20-13-14-21(30)22(18-20)33-26(37)23(24(35)27-32-16-17-40-27)34-28(38)19(2)41-29(34)39/h14-16,18-21,23,28,38H,5-13,17,22H2,1-4H3,(H,39,43);13-14,16-19,23H,3-12,15H2,1-2H3,(H,31,36)(H,33,37). The summed E-state index contributed by atoms with van der Waals surface area (Å²) in [4.78, 5) is 126. The van der Waals surface area contributed by atoms with Gasteiger partial charge in [-0.1, -0.05) is 183 Å². The molecule has 4 heterocycles. The second-order valence-corrected chi connectivity index (χ2v) is 25.3. The molecule has 498 valence electrons. The van der Waals surface area contributed by atoms with Gasteiger partial charge in [0.25, 0.3) is 53.0 Å². The summed E-state index contributed by atoms with van der Waals surface area (Å²) in [6, 6.07) is 12.4. The minimum Gasteiger partial charge on any atom is -0.478 e. The van der Waals surface area contributed by atoms with Crippen molar-refractivity contribution in [2.45, 2.75) is 192 Å². The van der Waals surface area contributed by atoms with Crippen LogP contribution >= 0.6 is 23.2 Å². The van der Waals surface area contributed by atoms with E-state index in [0.717, 1.165) is 50.9 Å². The number of benzene rings is 3. The van der Waals surface area contributed by atoms with Gasteiger partial charge in [0, 0.05) is 24.2 Å². The van der Waals surface area contributed by atoms with E-state index in [2.05, 4.69) is 44.5 Å². The van der Waals surface area contributed by atoms with Crippen LogP contribution in [0.15, 0.2) is 92.9 Å². The lowest BCUT2D eigenvalue weighted by Gasteiger charge is -2.22. The van der Waals surface area contributed by atoms with Crippen LogP contribution < -0.4 is 25.4 Å². The Hall–Kier alpha value is -8.00. The number of unbranched alkanes of at least 4 members (excludes halogenated alkanes) is 18. The molecule has 2 aliphatic rings.